The molecule has 1 fully saturated rings. The largest absolute Gasteiger partial charge is 0.354 e. The molecule has 0 bridgehead atoms. The second-order valence-electron chi connectivity index (χ2n) is 4.48. The summed E-state index contributed by atoms with van der Waals surface area (Å²) in [6.45, 7) is 0.653. The molecule has 2 nitrogen and oxygen atoms in total. The molecule has 0 radical (unpaired) electrons. The average Bonchev–Trinajstić information content (AvgIpc) is 2.46. The zero-order chi connectivity index (χ0) is 12.8. The summed E-state index contributed by atoms with van der Waals surface area (Å²) >= 11 is 5.41. The number of rotatable bonds is 4. The number of alkyl halides is 1. The molecule has 4 heteroatoms. The highest BCUT2D eigenvalue weighted by molar-refractivity contribution is 9.09. The highest BCUT2D eigenvalue weighted by atomic mass is 79.9. The van der Waals surface area contributed by atoms with Crippen LogP contribution in [-0.2, 0) is 4.79 Å². The summed E-state index contributed by atoms with van der Waals surface area (Å²) < 4.78 is 0. The molecule has 1 aliphatic heterocycles. The molecule has 1 amide bonds. The summed E-state index contributed by atoms with van der Waals surface area (Å²) in [7, 11) is 0. The van der Waals surface area contributed by atoms with Gasteiger partial charge in [-0.05, 0) is 24.2 Å². The van der Waals surface area contributed by atoms with E-state index in [2.05, 4.69) is 33.4 Å². The van der Waals surface area contributed by atoms with E-state index in [1.807, 2.05) is 18.2 Å². The third-order valence-corrected chi connectivity index (χ3v) is 5.32. The summed E-state index contributed by atoms with van der Waals surface area (Å²) in [4.78, 5) is 12.2. The molecule has 2 atom stereocenters. The third-order valence-electron chi connectivity index (χ3n) is 3.09. The van der Waals surface area contributed by atoms with Crippen LogP contribution in [0.2, 0.25) is 0 Å². The van der Waals surface area contributed by atoms with Gasteiger partial charge in [0.15, 0.2) is 0 Å². The van der Waals surface area contributed by atoms with E-state index in [0.29, 0.717) is 6.54 Å². The van der Waals surface area contributed by atoms with Crippen LogP contribution >= 0.6 is 27.7 Å². The SMILES string of the molecule is O=C(NCC(Br)c1ccccc1)C1CCCCS1. The topological polar surface area (TPSA) is 29.1 Å². The Kier molecular flexibility index (Phi) is 5.57. The van der Waals surface area contributed by atoms with Crippen molar-refractivity contribution in [3.05, 3.63) is 35.9 Å². The van der Waals surface area contributed by atoms with Gasteiger partial charge >= 0.3 is 0 Å². The number of thioether (sulfide) groups is 1. The summed E-state index contributed by atoms with van der Waals surface area (Å²) in [5.74, 6) is 1.31. The summed E-state index contributed by atoms with van der Waals surface area (Å²) in [5, 5.41) is 3.21. The molecule has 0 saturated carbocycles. The van der Waals surface area contributed by atoms with Crippen molar-refractivity contribution < 1.29 is 4.79 Å². The molecule has 1 aromatic carbocycles. The van der Waals surface area contributed by atoms with Gasteiger partial charge in [0.05, 0.1) is 10.1 Å². The van der Waals surface area contributed by atoms with Gasteiger partial charge in [0, 0.05) is 6.54 Å². The molecule has 1 aliphatic rings. The van der Waals surface area contributed by atoms with Gasteiger partial charge in [-0.15, -0.1) is 11.8 Å². The minimum Gasteiger partial charge on any atom is -0.354 e. The zero-order valence-corrected chi connectivity index (χ0v) is 12.7. The lowest BCUT2D eigenvalue weighted by Crippen LogP contribution is -2.35. The standard InChI is InChI=1S/C14H18BrNOS/c15-12(11-6-2-1-3-7-11)10-16-14(17)13-8-4-5-9-18-13/h1-3,6-7,12-13H,4-5,8-10H2,(H,16,17). The lowest BCUT2D eigenvalue weighted by atomic mass is 10.1. The molecule has 1 aromatic rings. The van der Waals surface area contributed by atoms with Crippen LogP contribution in [0.4, 0.5) is 0 Å². The third kappa shape index (κ3) is 4.02. The molecule has 18 heavy (non-hydrogen) atoms. The van der Waals surface area contributed by atoms with Gasteiger partial charge in [0.1, 0.15) is 0 Å². The lowest BCUT2D eigenvalue weighted by Gasteiger charge is -2.21. The molecule has 0 spiro atoms. The summed E-state index contributed by atoms with van der Waals surface area (Å²) in [6.07, 6.45) is 3.45. The van der Waals surface area contributed by atoms with Gasteiger partial charge in [0.2, 0.25) is 5.91 Å². The van der Waals surface area contributed by atoms with Crippen molar-refractivity contribution in [3.63, 3.8) is 0 Å². The van der Waals surface area contributed by atoms with Crippen molar-refractivity contribution in [2.75, 3.05) is 12.3 Å². The van der Waals surface area contributed by atoms with E-state index in [-0.39, 0.29) is 16.0 Å². The van der Waals surface area contributed by atoms with Crippen molar-refractivity contribution >= 4 is 33.6 Å². The van der Waals surface area contributed by atoms with E-state index < -0.39 is 0 Å². The second-order valence-corrected chi connectivity index (χ2v) is 6.89. The number of benzene rings is 1. The maximum Gasteiger partial charge on any atom is 0.233 e. The van der Waals surface area contributed by atoms with E-state index in [4.69, 9.17) is 0 Å². The smallest absolute Gasteiger partial charge is 0.233 e. The minimum atomic E-state index is 0.161. The van der Waals surface area contributed by atoms with Gasteiger partial charge in [0.25, 0.3) is 0 Å². The van der Waals surface area contributed by atoms with Gasteiger partial charge in [-0.2, -0.15) is 0 Å². The summed E-state index contributed by atoms with van der Waals surface area (Å²) in [5.41, 5.74) is 1.20. The normalized spacial score (nSPS) is 21.3. The van der Waals surface area contributed by atoms with Crippen molar-refractivity contribution in [2.24, 2.45) is 0 Å². The molecule has 1 saturated heterocycles. The van der Waals surface area contributed by atoms with Crippen LogP contribution in [0.15, 0.2) is 30.3 Å². The quantitative estimate of drug-likeness (QED) is 0.857. The molecule has 1 N–H and O–H groups in total. The van der Waals surface area contributed by atoms with Crippen LogP contribution in [0, 0.1) is 0 Å². The van der Waals surface area contributed by atoms with E-state index in [1.54, 1.807) is 11.8 Å². The van der Waals surface area contributed by atoms with Crippen LogP contribution < -0.4 is 5.32 Å². The number of hydrogen-bond donors (Lipinski definition) is 1. The van der Waals surface area contributed by atoms with Crippen LogP contribution in [0.3, 0.4) is 0 Å². The number of carbonyl (C=O) groups is 1. The molecular weight excluding hydrogens is 310 g/mol. The molecular formula is C14H18BrNOS. The highest BCUT2D eigenvalue weighted by Gasteiger charge is 2.21. The number of hydrogen-bond acceptors (Lipinski definition) is 2. The highest BCUT2D eigenvalue weighted by Crippen LogP contribution is 2.26. The first-order valence-electron chi connectivity index (χ1n) is 6.35. The van der Waals surface area contributed by atoms with Crippen LogP contribution in [-0.4, -0.2) is 23.5 Å². The number of nitrogens with one attached hydrogen (secondary N) is 1. The van der Waals surface area contributed by atoms with Gasteiger partial charge < -0.3 is 5.32 Å². The molecule has 2 rings (SSSR count). The fourth-order valence-corrected chi connectivity index (χ4v) is 3.72. The van der Waals surface area contributed by atoms with Crippen molar-refractivity contribution in [1.29, 1.82) is 0 Å². The van der Waals surface area contributed by atoms with E-state index in [1.165, 1.54) is 18.4 Å². The number of amides is 1. The molecule has 1 heterocycles. The van der Waals surface area contributed by atoms with E-state index in [0.717, 1.165) is 12.2 Å². The van der Waals surface area contributed by atoms with E-state index >= 15 is 0 Å². The lowest BCUT2D eigenvalue weighted by molar-refractivity contribution is -0.120. The van der Waals surface area contributed by atoms with Crippen LogP contribution in [0.1, 0.15) is 29.7 Å². The first kappa shape index (κ1) is 13.9. The minimum absolute atomic E-state index is 0.161. The van der Waals surface area contributed by atoms with Crippen LogP contribution in [0.5, 0.6) is 0 Å². The average molecular weight is 328 g/mol. The molecule has 0 aliphatic carbocycles. The second kappa shape index (κ2) is 7.19. The molecule has 0 aromatic heterocycles. The number of halogens is 1. The Labute approximate surface area is 121 Å². The monoisotopic (exact) mass is 327 g/mol. The fraction of sp³-hybridized carbons (Fsp3) is 0.500. The predicted octanol–water partition coefficient (Wildman–Crippen LogP) is 3.52. The Morgan fingerprint density at radius 2 is 2.17 bits per heavy atom. The first-order chi connectivity index (χ1) is 8.77. The Balaban J connectivity index is 1.78. The number of carbonyl (C=O) groups excluding carboxylic acids is 1. The maximum atomic E-state index is 12.0. The van der Waals surface area contributed by atoms with Crippen molar-refractivity contribution in [3.8, 4) is 0 Å². The molecule has 98 valence electrons. The van der Waals surface area contributed by atoms with Crippen LogP contribution in [0.25, 0.3) is 0 Å². The van der Waals surface area contributed by atoms with Crippen molar-refractivity contribution in [2.45, 2.75) is 29.3 Å². The van der Waals surface area contributed by atoms with Gasteiger partial charge in [-0.3, -0.25) is 4.79 Å². The van der Waals surface area contributed by atoms with Gasteiger partial charge in [-0.1, -0.05) is 52.7 Å². The zero-order valence-electron chi connectivity index (χ0n) is 10.3. The summed E-state index contributed by atoms with van der Waals surface area (Å²) in [6, 6.07) is 10.2. The maximum absolute atomic E-state index is 12.0. The first-order valence-corrected chi connectivity index (χ1v) is 8.32. The fourth-order valence-electron chi connectivity index (χ4n) is 2.03. The Morgan fingerprint density at radius 3 is 2.83 bits per heavy atom. The Hall–Kier alpha value is -0.480. The van der Waals surface area contributed by atoms with Crippen molar-refractivity contribution in [1.82, 2.24) is 5.32 Å². The van der Waals surface area contributed by atoms with Gasteiger partial charge in [-0.25, -0.2) is 0 Å². The molecule has 2 unspecified atom stereocenters. The Bertz CT molecular complexity index is 379. The Morgan fingerprint density at radius 1 is 1.39 bits per heavy atom. The predicted molar refractivity (Wildman–Crippen MR) is 81.2 cm³/mol. The van der Waals surface area contributed by atoms with E-state index in [9.17, 15) is 4.79 Å².